The van der Waals surface area contributed by atoms with Gasteiger partial charge in [-0.15, -0.1) is 3.89 Å². The van der Waals surface area contributed by atoms with Gasteiger partial charge in [-0.05, 0) is 57.0 Å². The molecule has 2 saturated heterocycles. The average Bonchev–Trinajstić information content (AvgIpc) is 3.03. The van der Waals surface area contributed by atoms with Crippen LogP contribution in [0.25, 0.3) is 0 Å². The molecule has 2 fully saturated rings. The van der Waals surface area contributed by atoms with Gasteiger partial charge >= 0.3 is 10.2 Å². The van der Waals surface area contributed by atoms with Crippen LogP contribution in [0.3, 0.4) is 0 Å². The number of carbonyl (C=O) groups is 1. The largest absolute Gasteiger partial charge is 0.350 e. The van der Waals surface area contributed by atoms with Gasteiger partial charge in [-0.3, -0.25) is 9.69 Å². The normalized spacial score (nSPS) is 20.8. The second kappa shape index (κ2) is 5.62. The van der Waals surface area contributed by atoms with Crippen molar-refractivity contribution in [2.75, 3.05) is 19.6 Å². The molecule has 120 valence electrons. The summed E-state index contributed by atoms with van der Waals surface area (Å²) >= 11 is 0. The van der Waals surface area contributed by atoms with Crippen LogP contribution in [0.1, 0.15) is 36.0 Å². The van der Waals surface area contributed by atoms with Crippen LogP contribution >= 0.6 is 0 Å². The van der Waals surface area contributed by atoms with Gasteiger partial charge in [0.2, 0.25) is 0 Å². The van der Waals surface area contributed by atoms with Crippen LogP contribution < -0.4 is 5.32 Å². The number of nitrogens with one attached hydrogen (secondary N) is 1. The lowest BCUT2D eigenvalue weighted by Crippen LogP contribution is -2.48. The molecule has 0 saturated carbocycles. The number of amides is 1. The Labute approximate surface area is 129 Å². The number of benzene rings is 1. The van der Waals surface area contributed by atoms with Crippen LogP contribution in [0.15, 0.2) is 29.2 Å². The molecule has 1 aromatic carbocycles. The maximum Gasteiger partial charge on any atom is 0.332 e. The highest BCUT2D eigenvalue weighted by molar-refractivity contribution is 7.86. The molecule has 1 aromatic rings. The van der Waals surface area contributed by atoms with E-state index in [9.17, 15) is 17.1 Å². The smallest absolute Gasteiger partial charge is 0.332 e. The van der Waals surface area contributed by atoms with Crippen molar-refractivity contribution in [3.8, 4) is 0 Å². The van der Waals surface area contributed by atoms with Gasteiger partial charge in [-0.2, -0.15) is 8.42 Å². The van der Waals surface area contributed by atoms with Crippen molar-refractivity contribution in [3.63, 3.8) is 0 Å². The summed E-state index contributed by atoms with van der Waals surface area (Å²) in [6.45, 7) is 2.70. The zero-order valence-corrected chi connectivity index (χ0v) is 13.0. The lowest BCUT2D eigenvalue weighted by molar-refractivity contribution is 0.0919. The van der Waals surface area contributed by atoms with Crippen LogP contribution in [0.2, 0.25) is 0 Å². The van der Waals surface area contributed by atoms with Crippen molar-refractivity contribution in [1.29, 1.82) is 0 Å². The average molecular weight is 326 g/mol. The molecule has 1 N–H and O–H groups in total. The second-order valence-corrected chi connectivity index (χ2v) is 7.41. The molecule has 0 atom stereocenters. The maximum atomic E-state index is 13.0. The van der Waals surface area contributed by atoms with E-state index in [1.54, 1.807) is 0 Å². The first kappa shape index (κ1) is 15.4. The van der Waals surface area contributed by atoms with Gasteiger partial charge in [0.25, 0.3) is 5.91 Å². The molecular formula is C15H19FN2O3S. The molecule has 0 aliphatic carbocycles. The quantitative estimate of drug-likeness (QED) is 0.855. The minimum atomic E-state index is -4.79. The SMILES string of the molecule is O=C(NCC12CCCN1CCC2)c1cccc(S(=O)(=O)F)c1. The first-order chi connectivity index (χ1) is 10.4. The van der Waals surface area contributed by atoms with E-state index in [2.05, 4.69) is 10.2 Å². The Kier molecular flexibility index (Phi) is 3.94. The fraction of sp³-hybridized carbons (Fsp3) is 0.533. The van der Waals surface area contributed by atoms with E-state index < -0.39 is 15.1 Å². The fourth-order valence-corrected chi connectivity index (χ4v) is 4.16. The molecule has 2 heterocycles. The topological polar surface area (TPSA) is 66.5 Å². The third kappa shape index (κ3) is 2.87. The van der Waals surface area contributed by atoms with Gasteiger partial charge in [0, 0.05) is 17.6 Å². The van der Waals surface area contributed by atoms with Crippen molar-refractivity contribution < 1.29 is 17.1 Å². The Morgan fingerprint density at radius 1 is 1.27 bits per heavy atom. The number of halogens is 1. The van der Waals surface area contributed by atoms with Gasteiger partial charge in [-0.1, -0.05) is 6.07 Å². The summed E-state index contributed by atoms with van der Waals surface area (Å²) < 4.78 is 34.8. The number of nitrogens with zero attached hydrogens (tertiary/aromatic N) is 1. The number of fused-ring (bicyclic) bond motifs is 1. The molecule has 7 heteroatoms. The molecule has 3 rings (SSSR count). The molecule has 0 unspecified atom stereocenters. The van der Waals surface area contributed by atoms with Gasteiger partial charge < -0.3 is 5.32 Å². The zero-order valence-electron chi connectivity index (χ0n) is 12.2. The van der Waals surface area contributed by atoms with Gasteiger partial charge in [0.15, 0.2) is 0 Å². The van der Waals surface area contributed by atoms with Crippen LogP contribution in [-0.4, -0.2) is 44.4 Å². The van der Waals surface area contributed by atoms with Gasteiger partial charge in [-0.25, -0.2) is 0 Å². The summed E-state index contributed by atoms with van der Waals surface area (Å²) in [6.07, 6.45) is 4.44. The highest BCUT2D eigenvalue weighted by atomic mass is 32.3. The molecule has 2 aliphatic rings. The van der Waals surface area contributed by atoms with Crippen molar-refractivity contribution in [2.45, 2.75) is 36.1 Å². The Morgan fingerprint density at radius 2 is 1.95 bits per heavy atom. The highest BCUT2D eigenvalue weighted by Crippen LogP contribution is 2.38. The van der Waals surface area contributed by atoms with E-state index in [1.165, 1.54) is 12.1 Å². The number of hydrogen-bond donors (Lipinski definition) is 1. The van der Waals surface area contributed by atoms with Crippen molar-refractivity contribution in [1.82, 2.24) is 10.2 Å². The van der Waals surface area contributed by atoms with Crippen LogP contribution in [0, 0.1) is 0 Å². The fourth-order valence-electron chi connectivity index (χ4n) is 3.65. The lowest BCUT2D eigenvalue weighted by Gasteiger charge is -2.32. The lowest BCUT2D eigenvalue weighted by atomic mass is 9.94. The molecule has 1 amide bonds. The number of hydrogen-bond acceptors (Lipinski definition) is 4. The molecule has 22 heavy (non-hydrogen) atoms. The van der Waals surface area contributed by atoms with Crippen molar-refractivity contribution in [2.24, 2.45) is 0 Å². The summed E-state index contributed by atoms with van der Waals surface area (Å²) in [5.41, 5.74) is 0.220. The third-order valence-corrected chi connectivity index (χ3v) is 5.58. The molecular weight excluding hydrogens is 307 g/mol. The van der Waals surface area contributed by atoms with E-state index in [1.807, 2.05) is 0 Å². The molecule has 0 radical (unpaired) electrons. The monoisotopic (exact) mass is 326 g/mol. The van der Waals surface area contributed by atoms with E-state index in [4.69, 9.17) is 0 Å². The Morgan fingerprint density at radius 3 is 2.59 bits per heavy atom. The first-order valence-corrected chi connectivity index (χ1v) is 8.87. The summed E-state index contributed by atoms with van der Waals surface area (Å²) in [7, 11) is -4.79. The standard InChI is InChI=1S/C15H19FN2O3S/c16-22(20,21)13-5-1-4-12(10-13)14(19)17-11-15-6-2-8-18(15)9-3-7-15/h1,4-5,10H,2-3,6-9,11H2,(H,17,19). The third-order valence-electron chi connectivity index (χ3n) is 4.77. The second-order valence-electron chi connectivity index (χ2n) is 6.07. The summed E-state index contributed by atoms with van der Waals surface area (Å²) in [6, 6.07) is 5.07. The maximum absolute atomic E-state index is 13.0. The Balaban J connectivity index is 1.70. The van der Waals surface area contributed by atoms with Crippen LogP contribution in [0.4, 0.5) is 3.89 Å². The summed E-state index contributed by atoms with van der Waals surface area (Å²) in [4.78, 5) is 14.2. The molecule has 0 bridgehead atoms. The minimum absolute atomic E-state index is 0.0550. The van der Waals surface area contributed by atoms with Gasteiger partial charge in [0.05, 0.1) is 4.90 Å². The van der Waals surface area contributed by atoms with Crippen molar-refractivity contribution in [3.05, 3.63) is 29.8 Å². The molecule has 5 nitrogen and oxygen atoms in total. The molecule has 0 spiro atoms. The van der Waals surface area contributed by atoms with E-state index >= 15 is 0 Å². The molecule has 2 aliphatic heterocycles. The Hall–Kier alpha value is -1.47. The number of rotatable bonds is 4. The zero-order chi connectivity index (χ0) is 15.8. The van der Waals surface area contributed by atoms with E-state index in [-0.39, 0.29) is 17.0 Å². The first-order valence-electron chi connectivity index (χ1n) is 7.49. The van der Waals surface area contributed by atoms with Gasteiger partial charge in [0.1, 0.15) is 0 Å². The predicted molar refractivity (Wildman–Crippen MR) is 79.8 cm³/mol. The van der Waals surface area contributed by atoms with E-state index in [0.717, 1.165) is 50.9 Å². The van der Waals surface area contributed by atoms with Crippen molar-refractivity contribution >= 4 is 16.1 Å². The molecule has 0 aromatic heterocycles. The van der Waals surface area contributed by atoms with Crippen LogP contribution in [0.5, 0.6) is 0 Å². The predicted octanol–water partition coefficient (Wildman–Crippen LogP) is 1.70. The minimum Gasteiger partial charge on any atom is -0.350 e. The Bertz CT molecular complexity index is 680. The van der Waals surface area contributed by atoms with E-state index in [0.29, 0.717) is 6.54 Å². The summed E-state index contributed by atoms with van der Waals surface area (Å²) in [5.74, 6) is -0.362. The summed E-state index contributed by atoms with van der Waals surface area (Å²) in [5, 5.41) is 2.88. The highest BCUT2D eigenvalue weighted by Gasteiger charge is 2.44. The van der Waals surface area contributed by atoms with Crippen LogP contribution in [-0.2, 0) is 10.2 Å². The number of carbonyl (C=O) groups excluding carboxylic acids is 1.